The lowest BCUT2D eigenvalue weighted by Gasteiger charge is -2.38. The zero-order valence-corrected chi connectivity index (χ0v) is 15.8. The summed E-state index contributed by atoms with van der Waals surface area (Å²) in [7, 11) is 0. The molecule has 0 bridgehead atoms. The molecule has 0 spiro atoms. The van der Waals surface area contributed by atoms with Gasteiger partial charge in [0.05, 0.1) is 12.1 Å². The van der Waals surface area contributed by atoms with Crippen LogP contribution in [-0.4, -0.2) is 49.9 Å². The van der Waals surface area contributed by atoms with Gasteiger partial charge in [-0.15, -0.1) is 0 Å². The maximum absolute atomic E-state index is 13.1. The first-order valence-corrected chi connectivity index (χ1v) is 9.09. The SMILES string of the molecule is CC1(C)CN(C(=O)c2cn(-c3ccccn3)c(-c3ccccc3)n2)CC(=O)N1. The number of hydrogen-bond acceptors (Lipinski definition) is 4. The molecule has 4 rings (SSSR count). The van der Waals surface area contributed by atoms with Crippen molar-refractivity contribution in [2.75, 3.05) is 13.1 Å². The Morgan fingerprint density at radius 3 is 2.54 bits per heavy atom. The third-order valence-corrected chi connectivity index (χ3v) is 4.54. The van der Waals surface area contributed by atoms with Crippen LogP contribution in [0.15, 0.2) is 60.9 Å². The van der Waals surface area contributed by atoms with E-state index in [9.17, 15) is 9.59 Å². The van der Waals surface area contributed by atoms with Crippen LogP contribution in [0.4, 0.5) is 0 Å². The Morgan fingerprint density at radius 2 is 1.86 bits per heavy atom. The van der Waals surface area contributed by atoms with Crippen molar-refractivity contribution in [2.24, 2.45) is 0 Å². The Balaban J connectivity index is 1.75. The highest BCUT2D eigenvalue weighted by Crippen LogP contribution is 2.23. The number of imidazole rings is 1. The minimum atomic E-state index is -0.475. The number of nitrogens with one attached hydrogen (secondary N) is 1. The van der Waals surface area contributed by atoms with Crippen molar-refractivity contribution >= 4 is 11.8 Å². The Kier molecular flexibility index (Phi) is 4.43. The summed E-state index contributed by atoms with van der Waals surface area (Å²) in [5.74, 6) is 0.861. The Labute approximate surface area is 163 Å². The summed E-state index contributed by atoms with van der Waals surface area (Å²) in [6.45, 7) is 4.24. The number of benzene rings is 1. The minimum absolute atomic E-state index is 0.0272. The maximum atomic E-state index is 13.1. The molecule has 1 fully saturated rings. The van der Waals surface area contributed by atoms with E-state index in [2.05, 4.69) is 15.3 Å². The Morgan fingerprint density at radius 1 is 1.11 bits per heavy atom. The molecular weight excluding hydrogens is 354 g/mol. The van der Waals surface area contributed by atoms with E-state index in [-0.39, 0.29) is 24.1 Å². The van der Waals surface area contributed by atoms with Crippen LogP contribution in [0.1, 0.15) is 24.3 Å². The average Bonchev–Trinajstić information content (AvgIpc) is 3.12. The van der Waals surface area contributed by atoms with Gasteiger partial charge >= 0.3 is 0 Å². The maximum Gasteiger partial charge on any atom is 0.274 e. The Bertz CT molecular complexity index is 955. The van der Waals surface area contributed by atoms with Crippen molar-refractivity contribution < 1.29 is 9.59 Å². The highest BCUT2D eigenvalue weighted by Gasteiger charge is 2.34. The van der Waals surface area contributed by atoms with Gasteiger partial charge in [-0.3, -0.25) is 14.2 Å². The molecule has 2 aromatic heterocycles. The smallest absolute Gasteiger partial charge is 0.274 e. The molecule has 7 heteroatoms. The molecule has 3 heterocycles. The largest absolute Gasteiger partial charge is 0.348 e. The molecular formula is C21H21N5O2. The van der Waals surface area contributed by atoms with Crippen molar-refractivity contribution in [3.63, 3.8) is 0 Å². The van der Waals surface area contributed by atoms with E-state index in [1.807, 2.05) is 62.4 Å². The molecule has 142 valence electrons. The van der Waals surface area contributed by atoms with Gasteiger partial charge in [0.25, 0.3) is 5.91 Å². The normalized spacial score (nSPS) is 15.9. The van der Waals surface area contributed by atoms with Gasteiger partial charge in [0.1, 0.15) is 17.3 Å². The van der Waals surface area contributed by atoms with Crippen LogP contribution < -0.4 is 5.32 Å². The molecule has 3 aromatic rings. The summed E-state index contributed by atoms with van der Waals surface area (Å²) in [5, 5.41) is 2.89. The summed E-state index contributed by atoms with van der Waals surface area (Å²) in [6, 6.07) is 15.2. The van der Waals surface area contributed by atoms with Crippen LogP contribution in [0.5, 0.6) is 0 Å². The van der Waals surface area contributed by atoms with Gasteiger partial charge in [0, 0.05) is 24.5 Å². The third kappa shape index (κ3) is 3.51. The van der Waals surface area contributed by atoms with Crippen LogP contribution in [0.2, 0.25) is 0 Å². The molecule has 0 unspecified atom stereocenters. The third-order valence-electron chi connectivity index (χ3n) is 4.54. The Hall–Kier alpha value is -3.48. The van der Waals surface area contributed by atoms with Crippen molar-refractivity contribution in [1.29, 1.82) is 0 Å². The summed E-state index contributed by atoms with van der Waals surface area (Å²) < 4.78 is 1.80. The molecule has 0 saturated carbocycles. The van der Waals surface area contributed by atoms with Gasteiger partial charge in [-0.1, -0.05) is 36.4 Å². The van der Waals surface area contributed by atoms with E-state index in [4.69, 9.17) is 0 Å². The molecule has 7 nitrogen and oxygen atoms in total. The predicted molar refractivity (Wildman–Crippen MR) is 105 cm³/mol. The van der Waals surface area contributed by atoms with Gasteiger partial charge in [-0.05, 0) is 26.0 Å². The predicted octanol–water partition coefficient (Wildman–Crippen LogP) is 2.28. The zero-order valence-electron chi connectivity index (χ0n) is 15.8. The second kappa shape index (κ2) is 6.92. The molecule has 1 aromatic carbocycles. The monoisotopic (exact) mass is 375 g/mol. The van der Waals surface area contributed by atoms with Crippen LogP contribution in [0, 0.1) is 0 Å². The number of carbonyl (C=O) groups excluding carboxylic acids is 2. The number of pyridine rings is 1. The minimum Gasteiger partial charge on any atom is -0.348 e. The fourth-order valence-corrected chi connectivity index (χ4v) is 3.41. The molecule has 28 heavy (non-hydrogen) atoms. The summed E-state index contributed by atoms with van der Waals surface area (Å²) in [4.78, 5) is 35.6. The number of hydrogen-bond donors (Lipinski definition) is 1. The summed E-state index contributed by atoms with van der Waals surface area (Å²) in [6.07, 6.45) is 3.38. The number of amides is 2. The van der Waals surface area contributed by atoms with Gasteiger partial charge in [-0.2, -0.15) is 0 Å². The fourth-order valence-electron chi connectivity index (χ4n) is 3.41. The first-order chi connectivity index (χ1) is 13.4. The van der Waals surface area contributed by atoms with E-state index in [1.165, 1.54) is 0 Å². The van der Waals surface area contributed by atoms with Crippen LogP contribution in [0.25, 0.3) is 17.2 Å². The lowest BCUT2D eigenvalue weighted by Crippen LogP contribution is -2.61. The van der Waals surface area contributed by atoms with E-state index in [0.29, 0.717) is 18.2 Å². The molecule has 1 aliphatic rings. The molecule has 0 radical (unpaired) electrons. The topological polar surface area (TPSA) is 80.1 Å². The van der Waals surface area contributed by atoms with Crippen LogP contribution in [-0.2, 0) is 4.79 Å². The average molecular weight is 375 g/mol. The number of aromatic nitrogens is 3. The van der Waals surface area contributed by atoms with Crippen molar-refractivity contribution in [2.45, 2.75) is 19.4 Å². The second-order valence-electron chi connectivity index (χ2n) is 7.47. The van der Waals surface area contributed by atoms with Crippen molar-refractivity contribution in [3.05, 3.63) is 66.6 Å². The van der Waals surface area contributed by atoms with Crippen LogP contribution >= 0.6 is 0 Å². The van der Waals surface area contributed by atoms with E-state index in [0.717, 1.165) is 5.56 Å². The first-order valence-electron chi connectivity index (χ1n) is 9.09. The molecule has 1 saturated heterocycles. The molecule has 1 aliphatic heterocycles. The fraction of sp³-hybridized carbons (Fsp3) is 0.238. The van der Waals surface area contributed by atoms with Crippen LogP contribution in [0.3, 0.4) is 0 Å². The number of piperazine rings is 1. The van der Waals surface area contributed by atoms with Gasteiger partial charge < -0.3 is 10.2 Å². The van der Waals surface area contributed by atoms with Crippen molar-refractivity contribution in [3.8, 4) is 17.2 Å². The lowest BCUT2D eigenvalue weighted by molar-refractivity contribution is -0.126. The lowest BCUT2D eigenvalue weighted by atomic mass is 10.0. The van der Waals surface area contributed by atoms with E-state index in [1.54, 1.807) is 21.9 Å². The van der Waals surface area contributed by atoms with E-state index < -0.39 is 5.54 Å². The molecule has 1 N–H and O–H groups in total. The highest BCUT2D eigenvalue weighted by atomic mass is 16.2. The quantitative estimate of drug-likeness (QED) is 0.762. The van der Waals surface area contributed by atoms with Gasteiger partial charge in [0.2, 0.25) is 5.91 Å². The van der Waals surface area contributed by atoms with E-state index >= 15 is 0 Å². The molecule has 2 amide bonds. The molecule has 0 aliphatic carbocycles. The van der Waals surface area contributed by atoms with Gasteiger partial charge in [0.15, 0.2) is 0 Å². The zero-order chi connectivity index (χ0) is 19.7. The summed E-state index contributed by atoms with van der Waals surface area (Å²) >= 11 is 0. The first kappa shape index (κ1) is 17.9. The summed E-state index contributed by atoms with van der Waals surface area (Å²) in [5.41, 5.74) is 0.690. The standard InChI is InChI=1S/C21H21N5O2/c1-21(2)14-25(13-18(27)24-21)20(28)16-12-26(17-10-6-7-11-22-17)19(23-16)15-8-4-3-5-9-15/h3-12H,13-14H2,1-2H3,(H,24,27). The number of rotatable bonds is 3. The highest BCUT2D eigenvalue weighted by molar-refractivity contribution is 5.96. The second-order valence-corrected chi connectivity index (χ2v) is 7.47. The van der Waals surface area contributed by atoms with Gasteiger partial charge in [-0.25, -0.2) is 9.97 Å². The number of nitrogens with zero attached hydrogens (tertiary/aromatic N) is 4. The number of carbonyl (C=O) groups is 2. The van der Waals surface area contributed by atoms with Crippen molar-refractivity contribution in [1.82, 2.24) is 24.8 Å². The molecule has 0 atom stereocenters.